The lowest BCUT2D eigenvalue weighted by molar-refractivity contribution is -0.165. The first kappa shape index (κ1) is 18.8. The Morgan fingerprint density at radius 3 is 2.42 bits per heavy atom. The Kier molecular flexibility index (Phi) is 5.93. The minimum absolute atomic E-state index is 0.0544. The number of carboxylic acid groups (broad SMARTS) is 1. The summed E-state index contributed by atoms with van der Waals surface area (Å²) < 4.78 is 5.34. The van der Waals surface area contributed by atoms with Crippen LogP contribution in [0.25, 0.3) is 0 Å². The number of benzene rings is 1. The maximum Gasteiger partial charge on any atom is 0.334 e. The van der Waals surface area contributed by atoms with Gasteiger partial charge in [0.15, 0.2) is 6.10 Å². The lowest BCUT2D eigenvalue weighted by Gasteiger charge is -2.34. The number of aliphatic carboxylic acids is 1. The average molecular weight is 351 g/mol. The van der Waals surface area contributed by atoms with Crippen molar-refractivity contribution in [3.05, 3.63) is 29.8 Å². The first-order chi connectivity index (χ1) is 11.2. The first-order valence-corrected chi connectivity index (χ1v) is 9.05. The molecular formula is C18H25NO4S. The van der Waals surface area contributed by atoms with Crippen LogP contribution in [0, 0.1) is 0 Å². The van der Waals surface area contributed by atoms with Crippen LogP contribution in [0.15, 0.2) is 29.2 Å². The predicted molar refractivity (Wildman–Crippen MR) is 94.4 cm³/mol. The fraction of sp³-hybridized carbons (Fsp3) is 0.556. The summed E-state index contributed by atoms with van der Waals surface area (Å²) in [5, 5.41) is 9.09. The van der Waals surface area contributed by atoms with Gasteiger partial charge < -0.3 is 14.7 Å². The second-order valence-electron chi connectivity index (χ2n) is 7.14. The van der Waals surface area contributed by atoms with E-state index in [0.29, 0.717) is 12.3 Å². The zero-order valence-corrected chi connectivity index (χ0v) is 15.4. The van der Waals surface area contributed by atoms with E-state index in [1.807, 2.05) is 12.1 Å². The van der Waals surface area contributed by atoms with Gasteiger partial charge in [0.05, 0.1) is 18.4 Å². The molecule has 2 atom stereocenters. The molecule has 0 spiro atoms. The molecule has 1 amide bonds. The number of amides is 1. The first-order valence-electron chi connectivity index (χ1n) is 8.06. The molecule has 1 aliphatic heterocycles. The van der Waals surface area contributed by atoms with Gasteiger partial charge in [-0.1, -0.05) is 32.9 Å². The van der Waals surface area contributed by atoms with Crippen LogP contribution in [0.1, 0.15) is 33.3 Å². The normalized spacial score (nSPS) is 21.6. The van der Waals surface area contributed by atoms with E-state index in [-0.39, 0.29) is 24.0 Å². The summed E-state index contributed by atoms with van der Waals surface area (Å²) in [6.07, 6.45) is -1.20. The number of hydrogen-bond donors (Lipinski definition) is 1. The van der Waals surface area contributed by atoms with Crippen LogP contribution in [0.5, 0.6) is 0 Å². The van der Waals surface area contributed by atoms with Crippen molar-refractivity contribution in [1.82, 2.24) is 4.90 Å². The zero-order chi connectivity index (χ0) is 17.9. The highest BCUT2D eigenvalue weighted by atomic mass is 32.2. The van der Waals surface area contributed by atoms with Crippen molar-refractivity contribution in [2.24, 2.45) is 0 Å². The van der Waals surface area contributed by atoms with Gasteiger partial charge in [0.2, 0.25) is 5.91 Å². The number of carbonyl (C=O) groups excluding carboxylic acids is 1. The molecule has 5 nitrogen and oxygen atoms in total. The van der Waals surface area contributed by atoms with Gasteiger partial charge in [-0.15, -0.1) is 11.8 Å². The highest BCUT2D eigenvalue weighted by Crippen LogP contribution is 2.26. The van der Waals surface area contributed by atoms with Crippen LogP contribution in [0.4, 0.5) is 0 Å². The zero-order valence-electron chi connectivity index (χ0n) is 14.6. The maximum atomic E-state index is 12.4. The molecular weight excluding hydrogens is 326 g/mol. The molecule has 1 heterocycles. The van der Waals surface area contributed by atoms with Crippen LogP contribution in [0.2, 0.25) is 0 Å². The monoisotopic (exact) mass is 351 g/mol. The average Bonchev–Trinajstić information content (AvgIpc) is 2.51. The third-order valence-corrected chi connectivity index (χ3v) is 4.97. The Hall–Kier alpha value is -1.53. The lowest BCUT2D eigenvalue weighted by Crippen LogP contribution is -2.52. The Labute approximate surface area is 147 Å². The van der Waals surface area contributed by atoms with E-state index in [9.17, 15) is 9.59 Å². The van der Waals surface area contributed by atoms with Crippen molar-refractivity contribution < 1.29 is 19.4 Å². The summed E-state index contributed by atoms with van der Waals surface area (Å²) in [5.74, 6) is -0.778. The molecule has 0 bridgehead atoms. The van der Waals surface area contributed by atoms with Gasteiger partial charge in [-0.2, -0.15) is 0 Å². The lowest BCUT2D eigenvalue weighted by atomic mass is 9.87. The molecule has 1 aromatic rings. The van der Waals surface area contributed by atoms with Crippen molar-refractivity contribution in [3.63, 3.8) is 0 Å². The fourth-order valence-corrected chi connectivity index (χ4v) is 3.38. The molecule has 1 N–H and O–H groups in total. The van der Waals surface area contributed by atoms with Crippen LogP contribution >= 0.6 is 11.8 Å². The number of nitrogens with zero attached hydrogens (tertiary/aromatic N) is 1. The number of rotatable bonds is 4. The topological polar surface area (TPSA) is 66.8 Å². The van der Waals surface area contributed by atoms with Gasteiger partial charge in [-0.25, -0.2) is 4.79 Å². The van der Waals surface area contributed by atoms with Gasteiger partial charge in [0.25, 0.3) is 0 Å². The van der Waals surface area contributed by atoms with Gasteiger partial charge >= 0.3 is 5.97 Å². The Balaban J connectivity index is 1.91. The van der Waals surface area contributed by atoms with Gasteiger partial charge in [0.1, 0.15) is 0 Å². The summed E-state index contributed by atoms with van der Waals surface area (Å²) >= 11 is 1.47. The standard InChI is InChI=1S/C18H25NO4S/c1-12-9-19(10-15(23-12)17(21)22)16(20)11-24-14-7-5-13(6-8-14)18(2,3)4/h5-8,12,15H,9-11H2,1-4H3,(H,21,22)/t12-,15?/m1/s1. The second kappa shape index (κ2) is 7.57. The van der Waals surface area contributed by atoms with E-state index in [0.717, 1.165) is 4.90 Å². The summed E-state index contributed by atoms with van der Waals surface area (Å²) in [7, 11) is 0. The predicted octanol–water partition coefficient (Wildman–Crippen LogP) is 2.78. The van der Waals surface area contributed by atoms with Crippen molar-refractivity contribution in [2.45, 2.75) is 50.2 Å². The molecule has 1 aliphatic rings. The number of thioether (sulfide) groups is 1. The fourth-order valence-electron chi connectivity index (χ4n) is 2.58. The van der Waals surface area contributed by atoms with E-state index in [1.165, 1.54) is 17.3 Å². The van der Waals surface area contributed by atoms with Crippen molar-refractivity contribution in [1.29, 1.82) is 0 Å². The molecule has 0 radical (unpaired) electrons. The van der Waals surface area contributed by atoms with E-state index in [4.69, 9.17) is 9.84 Å². The van der Waals surface area contributed by atoms with E-state index in [2.05, 4.69) is 32.9 Å². The Morgan fingerprint density at radius 1 is 1.25 bits per heavy atom. The minimum Gasteiger partial charge on any atom is -0.479 e. The smallest absolute Gasteiger partial charge is 0.334 e. The van der Waals surface area contributed by atoms with Gasteiger partial charge in [-0.3, -0.25) is 4.79 Å². The van der Waals surface area contributed by atoms with E-state index >= 15 is 0 Å². The molecule has 0 aromatic heterocycles. The second-order valence-corrected chi connectivity index (χ2v) is 8.18. The summed E-state index contributed by atoms with van der Waals surface area (Å²) in [6, 6.07) is 8.23. The molecule has 1 saturated heterocycles. The van der Waals surface area contributed by atoms with Crippen LogP contribution < -0.4 is 0 Å². The molecule has 1 unspecified atom stereocenters. The number of hydrogen-bond acceptors (Lipinski definition) is 4. The van der Waals surface area contributed by atoms with Crippen LogP contribution in [0.3, 0.4) is 0 Å². The van der Waals surface area contributed by atoms with Gasteiger partial charge in [0, 0.05) is 11.4 Å². The maximum absolute atomic E-state index is 12.4. The molecule has 1 fully saturated rings. The molecule has 6 heteroatoms. The molecule has 24 heavy (non-hydrogen) atoms. The number of carbonyl (C=O) groups is 2. The minimum atomic E-state index is -1.02. The molecule has 1 aromatic carbocycles. The number of ether oxygens (including phenoxy) is 1. The molecule has 0 aliphatic carbocycles. The molecule has 2 rings (SSSR count). The SMILES string of the molecule is C[C@@H]1CN(C(=O)CSc2ccc(C(C)(C)C)cc2)CC(C(=O)O)O1. The Bertz CT molecular complexity index is 594. The highest BCUT2D eigenvalue weighted by molar-refractivity contribution is 8.00. The van der Waals surface area contributed by atoms with E-state index < -0.39 is 12.1 Å². The third-order valence-electron chi connectivity index (χ3n) is 3.97. The van der Waals surface area contributed by atoms with E-state index in [1.54, 1.807) is 11.8 Å². The van der Waals surface area contributed by atoms with Crippen molar-refractivity contribution in [2.75, 3.05) is 18.8 Å². The summed E-state index contributed by atoms with van der Waals surface area (Å²) in [4.78, 5) is 26.1. The van der Waals surface area contributed by atoms with Crippen LogP contribution in [-0.4, -0.2) is 52.9 Å². The molecule has 0 saturated carbocycles. The van der Waals surface area contributed by atoms with Crippen LogP contribution in [-0.2, 0) is 19.7 Å². The quantitative estimate of drug-likeness (QED) is 0.845. The largest absolute Gasteiger partial charge is 0.479 e. The number of carboxylic acids is 1. The molecule has 132 valence electrons. The highest BCUT2D eigenvalue weighted by Gasteiger charge is 2.32. The third kappa shape index (κ3) is 4.98. The number of morpholine rings is 1. The Morgan fingerprint density at radius 2 is 1.88 bits per heavy atom. The summed E-state index contributed by atoms with van der Waals surface area (Å²) in [6.45, 7) is 8.83. The van der Waals surface area contributed by atoms with Crippen molar-refractivity contribution >= 4 is 23.6 Å². The van der Waals surface area contributed by atoms with Crippen molar-refractivity contribution in [3.8, 4) is 0 Å². The van der Waals surface area contributed by atoms with Gasteiger partial charge in [-0.05, 0) is 30.0 Å². The summed E-state index contributed by atoms with van der Waals surface area (Å²) in [5.41, 5.74) is 1.36.